The minimum Gasteiger partial charge on any atom is -0.463 e. The number of nitrogens with zero attached hydrogens (tertiary/aromatic N) is 1. The molecule has 1 fully saturated rings. The molecule has 1 aliphatic heterocycles. The smallest absolute Gasteiger partial charge is 0.416 e. The Kier molecular flexibility index (Phi) is 12.5. The number of hydrogen-bond acceptors (Lipinski definition) is 6. The largest absolute Gasteiger partial charge is 0.463 e. The van der Waals surface area contributed by atoms with Crippen LogP contribution in [0.2, 0.25) is 0 Å². The maximum absolute atomic E-state index is 13.8. The molecule has 13 heteroatoms. The van der Waals surface area contributed by atoms with Crippen LogP contribution < -0.4 is 16.0 Å². The van der Waals surface area contributed by atoms with Crippen molar-refractivity contribution in [2.45, 2.75) is 44.7 Å². The van der Waals surface area contributed by atoms with Crippen LogP contribution in [0.25, 0.3) is 11.1 Å². The molecule has 1 saturated heterocycles. The fourth-order valence-electron chi connectivity index (χ4n) is 6.37. The van der Waals surface area contributed by atoms with Gasteiger partial charge in [0.1, 0.15) is 6.61 Å². The number of hydrogen-bond donors (Lipinski definition) is 3. The third-order valence-electron chi connectivity index (χ3n) is 9.17. The summed E-state index contributed by atoms with van der Waals surface area (Å²) in [5, 5.41) is 8.18. The highest BCUT2D eigenvalue weighted by Crippen LogP contribution is 2.33. The number of carbonyl (C=O) groups is 5. The van der Waals surface area contributed by atoms with E-state index < -0.39 is 47.5 Å². The van der Waals surface area contributed by atoms with Crippen molar-refractivity contribution in [3.05, 3.63) is 125 Å². The van der Waals surface area contributed by atoms with Crippen LogP contribution in [-0.4, -0.2) is 67.3 Å². The number of esters is 1. The first-order valence-corrected chi connectivity index (χ1v) is 17.7. The third-order valence-corrected chi connectivity index (χ3v) is 9.17. The summed E-state index contributed by atoms with van der Waals surface area (Å²) < 4.78 is 45.2. The Morgan fingerprint density at radius 1 is 0.722 bits per heavy atom. The molecule has 0 spiro atoms. The van der Waals surface area contributed by atoms with Gasteiger partial charge in [0.05, 0.1) is 23.2 Å². The highest BCUT2D eigenvalue weighted by molar-refractivity contribution is 6.12. The number of likely N-dealkylation sites (N-methyl/N-ethyl adjacent to an activating group) is 2. The van der Waals surface area contributed by atoms with E-state index in [2.05, 4.69) is 16.0 Å². The Balaban J connectivity index is 1.41. The van der Waals surface area contributed by atoms with Gasteiger partial charge in [0.2, 0.25) is 11.8 Å². The van der Waals surface area contributed by atoms with Crippen molar-refractivity contribution in [1.82, 2.24) is 15.5 Å². The third kappa shape index (κ3) is 8.79. The first-order chi connectivity index (χ1) is 25.9. The van der Waals surface area contributed by atoms with Gasteiger partial charge in [0.15, 0.2) is 5.41 Å². The van der Waals surface area contributed by atoms with Crippen molar-refractivity contribution in [2.24, 2.45) is 0 Å². The van der Waals surface area contributed by atoms with Crippen molar-refractivity contribution < 1.29 is 41.9 Å². The Bertz CT molecular complexity index is 1980. The molecule has 0 bridgehead atoms. The second-order valence-corrected chi connectivity index (χ2v) is 12.8. The second-order valence-electron chi connectivity index (χ2n) is 12.8. The lowest BCUT2D eigenvalue weighted by atomic mass is 9.79. The number of likely N-dealkylation sites (tertiary alicyclic amines) is 1. The number of halogens is 3. The van der Waals surface area contributed by atoms with Gasteiger partial charge in [-0.05, 0) is 79.3 Å². The van der Waals surface area contributed by atoms with Crippen LogP contribution in [0, 0.1) is 0 Å². The van der Waals surface area contributed by atoms with Gasteiger partial charge >= 0.3 is 12.1 Å². The molecule has 5 rings (SSSR count). The summed E-state index contributed by atoms with van der Waals surface area (Å²) in [5.74, 6) is -2.97. The predicted molar refractivity (Wildman–Crippen MR) is 197 cm³/mol. The van der Waals surface area contributed by atoms with E-state index in [1.165, 1.54) is 30.3 Å². The zero-order valence-electron chi connectivity index (χ0n) is 29.9. The number of rotatable bonds is 13. The molecule has 10 nitrogen and oxygen atoms in total. The molecule has 282 valence electrons. The summed E-state index contributed by atoms with van der Waals surface area (Å²) in [7, 11) is 0. The molecule has 1 aliphatic rings. The minimum atomic E-state index is -4.51. The summed E-state index contributed by atoms with van der Waals surface area (Å²) >= 11 is 0. The molecule has 0 aliphatic carbocycles. The predicted octanol–water partition coefficient (Wildman–Crippen LogP) is 6.16. The zero-order valence-corrected chi connectivity index (χ0v) is 29.9. The van der Waals surface area contributed by atoms with Crippen molar-refractivity contribution in [3.63, 3.8) is 0 Å². The maximum Gasteiger partial charge on any atom is 0.416 e. The molecule has 54 heavy (non-hydrogen) atoms. The minimum absolute atomic E-state index is 0.130. The van der Waals surface area contributed by atoms with Gasteiger partial charge in [0.25, 0.3) is 11.8 Å². The van der Waals surface area contributed by atoms with Crippen molar-refractivity contribution >= 4 is 35.3 Å². The van der Waals surface area contributed by atoms with E-state index in [4.69, 9.17) is 4.74 Å². The van der Waals surface area contributed by atoms with E-state index in [0.717, 1.165) is 25.0 Å². The summed E-state index contributed by atoms with van der Waals surface area (Å²) in [4.78, 5) is 69.5. The van der Waals surface area contributed by atoms with E-state index in [1.54, 1.807) is 73.3 Å². The van der Waals surface area contributed by atoms with E-state index in [0.29, 0.717) is 35.3 Å². The Labute approximate surface area is 311 Å². The second kappa shape index (κ2) is 17.2. The van der Waals surface area contributed by atoms with Crippen molar-refractivity contribution in [2.75, 3.05) is 38.1 Å². The normalized spacial score (nSPS) is 12.9. The van der Waals surface area contributed by atoms with E-state index in [1.807, 2.05) is 0 Å². The molecule has 4 aromatic carbocycles. The van der Waals surface area contributed by atoms with E-state index in [-0.39, 0.29) is 42.2 Å². The SMILES string of the molecule is CCNC(=O)C(COC(=O)Cc1ccc(NC(=O)c2ccccc2-c2ccc(C(F)(F)F)cc2)c(C(=O)N2CCCC2)c1)(C(=O)NCC)c1ccccc1. The first-order valence-electron chi connectivity index (χ1n) is 17.7. The van der Waals surface area contributed by atoms with E-state index in [9.17, 15) is 37.1 Å². The summed E-state index contributed by atoms with van der Waals surface area (Å²) in [6.45, 7) is 4.33. The Hall–Kier alpha value is -5.98. The molecular weight excluding hydrogens is 701 g/mol. The van der Waals surface area contributed by atoms with Crippen LogP contribution in [0.4, 0.5) is 18.9 Å². The Morgan fingerprint density at radius 2 is 1.33 bits per heavy atom. The van der Waals surface area contributed by atoms with Crippen molar-refractivity contribution in [1.29, 1.82) is 0 Å². The van der Waals surface area contributed by atoms with Crippen molar-refractivity contribution in [3.8, 4) is 11.1 Å². The van der Waals surface area contributed by atoms with Crippen LogP contribution >= 0.6 is 0 Å². The fourth-order valence-corrected chi connectivity index (χ4v) is 6.37. The quantitative estimate of drug-likeness (QED) is 0.111. The van der Waals surface area contributed by atoms with Crippen LogP contribution in [0.3, 0.4) is 0 Å². The lowest BCUT2D eigenvalue weighted by Crippen LogP contribution is -2.57. The van der Waals surface area contributed by atoms with E-state index >= 15 is 0 Å². The Morgan fingerprint density at radius 3 is 1.94 bits per heavy atom. The topological polar surface area (TPSA) is 134 Å². The monoisotopic (exact) mass is 742 g/mol. The maximum atomic E-state index is 13.8. The van der Waals surface area contributed by atoms with Gasteiger partial charge in [0, 0.05) is 31.7 Å². The van der Waals surface area contributed by atoms with Gasteiger partial charge < -0.3 is 25.6 Å². The number of anilines is 1. The highest BCUT2D eigenvalue weighted by atomic mass is 19.4. The number of benzene rings is 4. The number of nitrogens with one attached hydrogen (secondary N) is 3. The fraction of sp³-hybridized carbons (Fsp3) is 0.293. The molecule has 4 aromatic rings. The van der Waals surface area contributed by atoms with Crippen LogP contribution in [0.1, 0.15) is 64.1 Å². The van der Waals surface area contributed by atoms with Gasteiger partial charge in [-0.25, -0.2) is 0 Å². The number of carbonyl (C=O) groups excluding carboxylic acids is 5. The lowest BCUT2D eigenvalue weighted by Gasteiger charge is -2.31. The summed E-state index contributed by atoms with van der Waals surface area (Å²) in [5.41, 5.74) is -0.705. The van der Waals surface area contributed by atoms with Crippen LogP contribution in [-0.2, 0) is 37.1 Å². The molecule has 0 saturated carbocycles. The standard InChI is InChI=1S/C41H41F3N4O6/c1-3-45-38(52)40(39(53)46-4-2,29-12-6-5-7-13-29)26-54-35(49)25-27-16-21-34(33(24-27)37(51)48-22-10-11-23-48)47-36(50)32-15-9-8-14-31(32)28-17-19-30(20-18-28)41(42,43)44/h5-9,12-21,24H,3-4,10-11,22-23,25-26H2,1-2H3,(H,45,52)(H,46,53)(H,47,50). The van der Waals surface area contributed by atoms with Gasteiger partial charge in [-0.1, -0.05) is 66.7 Å². The number of alkyl halides is 3. The van der Waals surface area contributed by atoms with Gasteiger partial charge in [-0.3, -0.25) is 24.0 Å². The molecule has 3 N–H and O–H groups in total. The molecule has 0 aromatic heterocycles. The highest BCUT2D eigenvalue weighted by Gasteiger charge is 2.48. The van der Waals surface area contributed by atoms with Crippen LogP contribution in [0.5, 0.6) is 0 Å². The number of amides is 4. The average molecular weight is 743 g/mol. The summed E-state index contributed by atoms with van der Waals surface area (Å²) in [6.07, 6.45) is -3.22. The lowest BCUT2D eigenvalue weighted by molar-refractivity contribution is -0.150. The first kappa shape index (κ1) is 39.2. The van der Waals surface area contributed by atoms with Gasteiger partial charge in [-0.15, -0.1) is 0 Å². The average Bonchev–Trinajstić information content (AvgIpc) is 3.71. The summed E-state index contributed by atoms with van der Waals surface area (Å²) in [6, 6.07) is 23.8. The van der Waals surface area contributed by atoms with Gasteiger partial charge in [-0.2, -0.15) is 13.2 Å². The molecule has 1 heterocycles. The molecule has 0 atom stereocenters. The molecule has 0 unspecified atom stereocenters. The number of ether oxygens (including phenoxy) is 1. The van der Waals surface area contributed by atoms with Crippen LogP contribution in [0.15, 0.2) is 97.1 Å². The molecule has 0 radical (unpaired) electrons. The zero-order chi connectivity index (χ0) is 38.9. The molecular formula is C41H41F3N4O6. The molecule has 4 amide bonds.